The zero-order valence-corrected chi connectivity index (χ0v) is 12.3. The predicted molar refractivity (Wildman–Crippen MR) is 77.3 cm³/mol. The second kappa shape index (κ2) is 5.93. The molecule has 3 rings (SSSR count). The molecule has 0 radical (unpaired) electrons. The Morgan fingerprint density at radius 3 is 3.25 bits per heavy atom. The molecule has 1 unspecified atom stereocenters. The van der Waals surface area contributed by atoms with Crippen LogP contribution in [0.3, 0.4) is 0 Å². The van der Waals surface area contributed by atoms with Gasteiger partial charge in [0.2, 0.25) is 0 Å². The molecule has 0 N–H and O–H groups in total. The number of piperidine rings is 1. The topological polar surface area (TPSA) is 55.5 Å². The van der Waals surface area contributed by atoms with Gasteiger partial charge in [-0.2, -0.15) is 19.6 Å². The fourth-order valence-corrected chi connectivity index (χ4v) is 2.73. The molecule has 6 nitrogen and oxygen atoms in total. The third-order valence-corrected chi connectivity index (χ3v) is 3.66. The average molecular weight is 296 g/mol. The van der Waals surface area contributed by atoms with Crippen LogP contribution in [0.15, 0.2) is 12.4 Å². The Bertz CT molecular complexity index is 587. The Balaban J connectivity index is 1.84. The minimum Gasteiger partial charge on any atom is -0.376 e. The van der Waals surface area contributed by atoms with Gasteiger partial charge >= 0.3 is 0 Å². The highest BCUT2D eigenvalue weighted by Crippen LogP contribution is 2.23. The molecule has 1 aliphatic rings. The van der Waals surface area contributed by atoms with E-state index < -0.39 is 0 Å². The van der Waals surface area contributed by atoms with Gasteiger partial charge < -0.3 is 9.64 Å². The van der Waals surface area contributed by atoms with E-state index in [9.17, 15) is 0 Å². The summed E-state index contributed by atoms with van der Waals surface area (Å²) >= 11 is 6.07. The molecule has 1 atom stereocenters. The molecular formula is C13H18ClN5O. The summed E-state index contributed by atoms with van der Waals surface area (Å²) in [5, 5.41) is 4.67. The second-order valence-electron chi connectivity index (χ2n) is 4.99. The Morgan fingerprint density at radius 1 is 1.50 bits per heavy atom. The van der Waals surface area contributed by atoms with Gasteiger partial charge in [-0.15, -0.1) is 0 Å². The highest BCUT2D eigenvalue weighted by molar-refractivity contribution is 6.29. The van der Waals surface area contributed by atoms with Crippen LogP contribution < -0.4 is 4.90 Å². The number of anilines is 1. The first-order valence-corrected chi connectivity index (χ1v) is 7.38. The standard InChI is InChI=1S/C13H18ClN5O/c1-2-6-20-10-4-3-5-18(8-10)12-7-11(14)17-13-15-9-16-19(12)13/h7,9-10H,2-6,8H2,1H3. The third-order valence-electron chi connectivity index (χ3n) is 3.46. The van der Waals surface area contributed by atoms with Crippen LogP contribution in [0.2, 0.25) is 5.15 Å². The molecule has 1 aliphatic heterocycles. The lowest BCUT2D eigenvalue weighted by Gasteiger charge is -2.34. The minimum absolute atomic E-state index is 0.272. The maximum absolute atomic E-state index is 6.07. The number of hydrogen-bond donors (Lipinski definition) is 0. The maximum atomic E-state index is 6.07. The van der Waals surface area contributed by atoms with Crippen molar-refractivity contribution in [2.45, 2.75) is 32.3 Å². The van der Waals surface area contributed by atoms with Crippen LogP contribution in [0.4, 0.5) is 5.82 Å². The zero-order chi connectivity index (χ0) is 13.9. The first-order valence-electron chi connectivity index (χ1n) is 7.00. The summed E-state index contributed by atoms with van der Waals surface area (Å²) in [6, 6.07) is 1.84. The molecule has 0 saturated carbocycles. The molecule has 0 aliphatic carbocycles. The molecule has 108 valence electrons. The molecule has 20 heavy (non-hydrogen) atoms. The van der Waals surface area contributed by atoms with Gasteiger partial charge in [-0.3, -0.25) is 0 Å². The summed E-state index contributed by atoms with van der Waals surface area (Å²) < 4.78 is 7.60. The van der Waals surface area contributed by atoms with Crippen molar-refractivity contribution in [1.29, 1.82) is 0 Å². The highest BCUT2D eigenvalue weighted by Gasteiger charge is 2.23. The molecule has 1 saturated heterocycles. The normalized spacial score (nSPS) is 19.7. The van der Waals surface area contributed by atoms with E-state index in [0.29, 0.717) is 10.9 Å². The minimum atomic E-state index is 0.272. The van der Waals surface area contributed by atoms with Crippen molar-refractivity contribution in [3.8, 4) is 0 Å². The quantitative estimate of drug-likeness (QED) is 0.809. The van der Waals surface area contributed by atoms with E-state index in [4.69, 9.17) is 16.3 Å². The van der Waals surface area contributed by atoms with Gasteiger partial charge in [-0.05, 0) is 19.3 Å². The molecule has 0 spiro atoms. The number of nitrogens with zero attached hydrogens (tertiary/aromatic N) is 5. The maximum Gasteiger partial charge on any atom is 0.255 e. The van der Waals surface area contributed by atoms with Crippen molar-refractivity contribution in [3.05, 3.63) is 17.5 Å². The molecule has 0 amide bonds. The van der Waals surface area contributed by atoms with Gasteiger partial charge in [-0.25, -0.2) is 0 Å². The van der Waals surface area contributed by atoms with Crippen LogP contribution >= 0.6 is 11.6 Å². The molecule has 2 aromatic rings. The molecule has 7 heteroatoms. The summed E-state index contributed by atoms with van der Waals surface area (Å²) in [6.07, 6.45) is 5.02. The van der Waals surface area contributed by atoms with E-state index >= 15 is 0 Å². The van der Waals surface area contributed by atoms with Crippen LogP contribution in [-0.4, -0.2) is 45.4 Å². The number of fused-ring (bicyclic) bond motifs is 1. The van der Waals surface area contributed by atoms with E-state index in [-0.39, 0.29) is 6.10 Å². The van der Waals surface area contributed by atoms with Crippen LogP contribution in [0.25, 0.3) is 5.78 Å². The van der Waals surface area contributed by atoms with E-state index in [1.165, 1.54) is 6.33 Å². The molecule has 0 aromatic carbocycles. The SMILES string of the molecule is CCCOC1CCCN(c2cc(Cl)nc3ncnn23)C1. The monoisotopic (exact) mass is 295 g/mol. The number of ether oxygens (including phenoxy) is 1. The Morgan fingerprint density at radius 2 is 2.40 bits per heavy atom. The van der Waals surface area contributed by atoms with Crippen molar-refractivity contribution in [1.82, 2.24) is 19.6 Å². The third kappa shape index (κ3) is 2.71. The van der Waals surface area contributed by atoms with Crippen LogP contribution in [0.5, 0.6) is 0 Å². The lowest BCUT2D eigenvalue weighted by atomic mass is 10.1. The number of aromatic nitrogens is 4. The van der Waals surface area contributed by atoms with E-state index in [0.717, 1.165) is 44.8 Å². The summed E-state index contributed by atoms with van der Waals surface area (Å²) in [5.74, 6) is 1.46. The summed E-state index contributed by atoms with van der Waals surface area (Å²) in [7, 11) is 0. The van der Waals surface area contributed by atoms with Crippen molar-refractivity contribution in [2.75, 3.05) is 24.6 Å². The number of halogens is 1. The second-order valence-corrected chi connectivity index (χ2v) is 5.38. The summed E-state index contributed by atoms with van der Waals surface area (Å²) in [4.78, 5) is 10.5. The molecule has 2 aromatic heterocycles. The van der Waals surface area contributed by atoms with E-state index in [2.05, 4.69) is 26.9 Å². The fraction of sp³-hybridized carbons (Fsp3) is 0.615. The Labute approximate surface area is 122 Å². The van der Waals surface area contributed by atoms with E-state index in [1.54, 1.807) is 4.52 Å². The molecule has 0 bridgehead atoms. The van der Waals surface area contributed by atoms with Gasteiger partial charge in [0.1, 0.15) is 17.3 Å². The number of rotatable bonds is 4. The van der Waals surface area contributed by atoms with Crippen molar-refractivity contribution >= 4 is 23.2 Å². The van der Waals surface area contributed by atoms with Gasteiger partial charge in [0.05, 0.1) is 6.10 Å². The Kier molecular flexibility index (Phi) is 4.03. The van der Waals surface area contributed by atoms with Gasteiger partial charge in [0, 0.05) is 25.8 Å². The molecular weight excluding hydrogens is 278 g/mol. The van der Waals surface area contributed by atoms with Crippen molar-refractivity contribution < 1.29 is 4.74 Å². The molecule has 3 heterocycles. The smallest absolute Gasteiger partial charge is 0.255 e. The average Bonchev–Trinajstić information content (AvgIpc) is 2.92. The van der Waals surface area contributed by atoms with Crippen LogP contribution in [0.1, 0.15) is 26.2 Å². The fourth-order valence-electron chi connectivity index (χ4n) is 2.56. The van der Waals surface area contributed by atoms with Gasteiger partial charge in [0.25, 0.3) is 5.78 Å². The van der Waals surface area contributed by atoms with Crippen molar-refractivity contribution in [2.24, 2.45) is 0 Å². The first-order chi connectivity index (χ1) is 9.78. The Hall–Kier alpha value is -1.40. The van der Waals surface area contributed by atoms with Crippen molar-refractivity contribution in [3.63, 3.8) is 0 Å². The zero-order valence-electron chi connectivity index (χ0n) is 11.5. The van der Waals surface area contributed by atoms with Gasteiger partial charge in [0.15, 0.2) is 0 Å². The summed E-state index contributed by atoms with van der Waals surface area (Å²) in [5.41, 5.74) is 0. The number of hydrogen-bond acceptors (Lipinski definition) is 5. The molecule has 1 fully saturated rings. The lowest BCUT2D eigenvalue weighted by Crippen LogP contribution is -2.40. The highest BCUT2D eigenvalue weighted by atomic mass is 35.5. The first kappa shape index (κ1) is 13.6. The van der Waals surface area contributed by atoms with E-state index in [1.807, 2.05) is 6.07 Å². The largest absolute Gasteiger partial charge is 0.376 e. The van der Waals surface area contributed by atoms with Crippen LogP contribution in [0, 0.1) is 0 Å². The summed E-state index contributed by atoms with van der Waals surface area (Å²) in [6.45, 7) is 4.77. The van der Waals surface area contributed by atoms with Crippen LogP contribution in [-0.2, 0) is 4.74 Å². The van der Waals surface area contributed by atoms with Gasteiger partial charge in [-0.1, -0.05) is 18.5 Å². The predicted octanol–water partition coefficient (Wildman–Crippen LogP) is 2.17. The lowest BCUT2D eigenvalue weighted by molar-refractivity contribution is 0.0438.